The smallest absolute Gasteiger partial charge is 0.423 e. The maximum atomic E-state index is 13.3. The first-order valence-electron chi connectivity index (χ1n) is 9.43. The molecule has 174 valence electrons. The van der Waals surface area contributed by atoms with Gasteiger partial charge in [-0.15, -0.1) is 0 Å². The fraction of sp³-hybridized carbons (Fsp3) is 0.190. The molecule has 0 saturated heterocycles. The van der Waals surface area contributed by atoms with Crippen LogP contribution >= 0.6 is 0 Å². The summed E-state index contributed by atoms with van der Waals surface area (Å²) in [6.07, 6.45) is 2.69. The molecule has 3 aromatic rings. The molecular formula is C21H17F3N2O6S. The summed E-state index contributed by atoms with van der Waals surface area (Å²) >= 11 is 0. The molecule has 8 nitrogen and oxygen atoms in total. The molecule has 0 N–H and O–H groups in total. The predicted molar refractivity (Wildman–Crippen MR) is 115 cm³/mol. The maximum absolute atomic E-state index is 13.3. The molecule has 1 heterocycles. The SMILES string of the molecule is C[C@@H](c1ccc([N+](=O)[O-])cc1)N(C/C=C/c1ccc2oc(=O)ccc2c1)S(=O)(=O)C(F)(F)F. The van der Waals surface area contributed by atoms with Crippen LogP contribution in [-0.2, 0) is 10.0 Å². The largest absolute Gasteiger partial charge is 0.511 e. The number of benzene rings is 2. The molecule has 0 aliphatic rings. The monoisotopic (exact) mass is 482 g/mol. The van der Waals surface area contributed by atoms with Gasteiger partial charge in [0.2, 0.25) is 0 Å². The molecule has 12 heteroatoms. The van der Waals surface area contributed by atoms with Crippen molar-refractivity contribution in [1.29, 1.82) is 0 Å². The Morgan fingerprint density at radius 3 is 2.39 bits per heavy atom. The standard InChI is InChI=1S/C21H17F3N2O6S/c1-14(16-5-8-18(9-6-16)26(28)29)25(33(30,31)21(22,23)24)12-2-3-15-4-10-19-17(13-15)7-11-20(27)32-19/h2-11,13-14H,12H2,1H3/b3-2+/t14-/m0/s1. The molecular weight excluding hydrogens is 465 g/mol. The normalized spacial score (nSPS) is 13.6. The molecule has 2 aromatic carbocycles. The van der Waals surface area contributed by atoms with Crippen molar-refractivity contribution < 1.29 is 30.9 Å². The van der Waals surface area contributed by atoms with Crippen LogP contribution in [0.5, 0.6) is 0 Å². The molecule has 0 saturated carbocycles. The summed E-state index contributed by atoms with van der Waals surface area (Å²) in [6, 6.07) is 10.8. The fourth-order valence-corrected chi connectivity index (χ4v) is 4.21. The highest BCUT2D eigenvalue weighted by atomic mass is 32.2. The van der Waals surface area contributed by atoms with Crippen molar-refractivity contribution in [2.24, 2.45) is 0 Å². The Morgan fingerprint density at radius 1 is 1.12 bits per heavy atom. The molecule has 0 bridgehead atoms. The highest BCUT2D eigenvalue weighted by Crippen LogP contribution is 2.33. The van der Waals surface area contributed by atoms with Crippen LogP contribution in [0.25, 0.3) is 17.0 Å². The topological polar surface area (TPSA) is 111 Å². The zero-order valence-corrected chi connectivity index (χ0v) is 17.8. The molecule has 3 rings (SSSR count). The van der Waals surface area contributed by atoms with Crippen molar-refractivity contribution >= 4 is 32.8 Å². The van der Waals surface area contributed by atoms with Gasteiger partial charge in [0.1, 0.15) is 5.58 Å². The first-order chi connectivity index (χ1) is 15.4. The van der Waals surface area contributed by atoms with E-state index in [1.807, 2.05) is 0 Å². The van der Waals surface area contributed by atoms with Crippen molar-refractivity contribution in [3.63, 3.8) is 0 Å². The number of hydrogen-bond acceptors (Lipinski definition) is 6. The van der Waals surface area contributed by atoms with Crippen molar-refractivity contribution in [3.05, 3.63) is 92.3 Å². The quantitative estimate of drug-likeness (QED) is 0.276. The first kappa shape index (κ1) is 24.1. The van der Waals surface area contributed by atoms with Crippen LogP contribution in [-0.4, -0.2) is 29.7 Å². The summed E-state index contributed by atoms with van der Waals surface area (Å²) in [4.78, 5) is 21.4. The fourth-order valence-electron chi connectivity index (χ4n) is 3.12. The number of rotatable bonds is 7. The molecule has 0 aliphatic heterocycles. The lowest BCUT2D eigenvalue weighted by Crippen LogP contribution is -2.42. The van der Waals surface area contributed by atoms with Crippen LogP contribution in [0.1, 0.15) is 24.1 Å². The highest BCUT2D eigenvalue weighted by molar-refractivity contribution is 7.90. The number of hydrogen-bond donors (Lipinski definition) is 0. The van der Waals surface area contributed by atoms with E-state index in [1.165, 1.54) is 49.4 Å². The third-order valence-electron chi connectivity index (χ3n) is 4.86. The van der Waals surface area contributed by atoms with Gasteiger partial charge in [-0.3, -0.25) is 10.1 Å². The van der Waals surface area contributed by atoms with Crippen LogP contribution in [0.3, 0.4) is 0 Å². The molecule has 0 amide bonds. The number of non-ortho nitro benzene ring substituents is 1. The molecule has 0 fully saturated rings. The number of alkyl halides is 3. The second kappa shape index (κ2) is 9.16. The summed E-state index contributed by atoms with van der Waals surface area (Å²) in [7, 11) is -5.71. The van der Waals surface area contributed by atoms with Crippen molar-refractivity contribution in [1.82, 2.24) is 4.31 Å². The minimum Gasteiger partial charge on any atom is -0.423 e. The van der Waals surface area contributed by atoms with Gasteiger partial charge in [-0.05, 0) is 36.2 Å². The number of fused-ring (bicyclic) bond motifs is 1. The van der Waals surface area contributed by atoms with Crippen LogP contribution in [0, 0.1) is 10.1 Å². The zero-order valence-electron chi connectivity index (χ0n) is 17.0. The van der Waals surface area contributed by atoms with Gasteiger partial charge in [-0.25, -0.2) is 13.2 Å². The number of halogens is 3. The summed E-state index contributed by atoms with van der Waals surface area (Å²) in [6.45, 7) is 0.651. The van der Waals surface area contributed by atoms with Crippen molar-refractivity contribution in [2.75, 3.05) is 6.54 Å². The van der Waals surface area contributed by atoms with Gasteiger partial charge in [0.25, 0.3) is 5.69 Å². The van der Waals surface area contributed by atoms with Gasteiger partial charge in [-0.2, -0.15) is 17.5 Å². The van der Waals surface area contributed by atoms with E-state index in [2.05, 4.69) is 0 Å². The van der Waals surface area contributed by atoms with E-state index >= 15 is 0 Å². The lowest BCUT2D eigenvalue weighted by Gasteiger charge is -2.28. The molecule has 1 atom stereocenters. The van der Waals surface area contributed by atoms with Gasteiger partial charge < -0.3 is 4.42 Å². The minimum absolute atomic E-state index is 0.155. The average molecular weight is 482 g/mol. The van der Waals surface area contributed by atoms with Gasteiger partial charge in [0.05, 0.1) is 4.92 Å². The summed E-state index contributed by atoms with van der Waals surface area (Å²) in [5.41, 5.74) is -5.31. The highest BCUT2D eigenvalue weighted by Gasteiger charge is 2.51. The Hall–Kier alpha value is -3.51. The Balaban J connectivity index is 1.90. The van der Waals surface area contributed by atoms with E-state index in [1.54, 1.807) is 12.1 Å². The Labute approximate surface area is 185 Å². The van der Waals surface area contributed by atoms with Crippen molar-refractivity contribution in [3.8, 4) is 0 Å². The van der Waals surface area contributed by atoms with Gasteiger partial charge in [-0.1, -0.05) is 30.4 Å². The maximum Gasteiger partial charge on any atom is 0.511 e. The van der Waals surface area contributed by atoms with E-state index in [9.17, 15) is 36.5 Å². The lowest BCUT2D eigenvalue weighted by molar-refractivity contribution is -0.384. The molecule has 0 unspecified atom stereocenters. The molecule has 0 aliphatic carbocycles. The average Bonchev–Trinajstić information content (AvgIpc) is 2.75. The van der Waals surface area contributed by atoms with E-state index in [0.717, 1.165) is 12.1 Å². The molecule has 33 heavy (non-hydrogen) atoms. The van der Waals surface area contributed by atoms with E-state index in [-0.39, 0.29) is 15.6 Å². The van der Waals surface area contributed by atoms with E-state index in [4.69, 9.17) is 4.42 Å². The molecule has 1 aromatic heterocycles. The number of nitrogens with zero attached hydrogens (tertiary/aromatic N) is 2. The zero-order chi connectivity index (χ0) is 24.4. The molecule has 0 radical (unpaired) electrons. The number of sulfonamides is 1. The number of nitro groups is 1. The van der Waals surface area contributed by atoms with Crippen LogP contribution in [0.15, 0.2) is 69.9 Å². The summed E-state index contributed by atoms with van der Waals surface area (Å²) in [5.74, 6) is 0. The van der Waals surface area contributed by atoms with E-state index in [0.29, 0.717) is 16.5 Å². The molecule has 0 spiro atoms. The van der Waals surface area contributed by atoms with E-state index < -0.39 is 38.7 Å². The van der Waals surface area contributed by atoms with Crippen molar-refractivity contribution in [2.45, 2.75) is 18.5 Å². The van der Waals surface area contributed by atoms with Crippen LogP contribution in [0.4, 0.5) is 18.9 Å². The predicted octanol–water partition coefficient (Wildman–Crippen LogP) is 4.63. The lowest BCUT2D eigenvalue weighted by atomic mass is 10.1. The second-order valence-corrected chi connectivity index (χ2v) is 8.88. The Kier molecular flexibility index (Phi) is 6.70. The van der Waals surface area contributed by atoms with Gasteiger partial charge in [0.15, 0.2) is 0 Å². The summed E-state index contributed by atoms with van der Waals surface area (Å²) in [5, 5.41) is 11.4. The second-order valence-electron chi connectivity index (χ2n) is 7.00. The van der Waals surface area contributed by atoms with Crippen LogP contribution < -0.4 is 5.63 Å². The van der Waals surface area contributed by atoms with Crippen LogP contribution in [0.2, 0.25) is 0 Å². The first-order valence-corrected chi connectivity index (χ1v) is 10.9. The minimum atomic E-state index is -5.71. The third-order valence-corrected chi connectivity index (χ3v) is 6.53. The summed E-state index contributed by atoms with van der Waals surface area (Å²) < 4.78 is 69.6. The van der Waals surface area contributed by atoms with Gasteiger partial charge >= 0.3 is 21.2 Å². The van der Waals surface area contributed by atoms with Gasteiger partial charge in [0, 0.05) is 36.2 Å². The number of nitro benzene ring substituents is 1. The Morgan fingerprint density at radius 2 is 1.79 bits per heavy atom. The Bertz CT molecular complexity index is 1370. The third kappa shape index (κ3) is 5.29.